The molecular weight excluding hydrogens is 368 g/mol. The number of rotatable bonds is 5. The van der Waals surface area contributed by atoms with Crippen molar-refractivity contribution in [1.82, 2.24) is 14.1 Å². The van der Waals surface area contributed by atoms with E-state index in [0.29, 0.717) is 25.5 Å². The number of anilines is 1. The smallest absolute Gasteiger partial charge is 0.256 e. The molecule has 0 radical (unpaired) electrons. The monoisotopic (exact) mass is 392 g/mol. The van der Waals surface area contributed by atoms with Crippen LogP contribution in [0.2, 0.25) is 0 Å². The maximum Gasteiger partial charge on any atom is 0.256 e. The third kappa shape index (κ3) is 4.20. The predicted molar refractivity (Wildman–Crippen MR) is 101 cm³/mol. The van der Waals surface area contributed by atoms with E-state index in [9.17, 15) is 13.2 Å². The van der Waals surface area contributed by atoms with E-state index in [-0.39, 0.29) is 28.6 Å². The van der Waals surface area contributed by atoms with Crippen LogP contribution in [0.15, 0.2) is 41.4 Å². The lowest BCUT2D eigenvalue weighted by Gasteiger charge is -2.34. The minimum atomic E-state index is -3.70. The lowest BCUT2D eigenvalue weighted by molar-refractivity contribution is -0.0440. The number of nitrogens with zero attached hydrogens (tertiary/aromatic N) is 3. The van der Waals surface area contributed by atoms with Gasteiger partial charge in [-0.3, -0.25) is 4.79 Å². The largest absolute Gasteiger partial charge is 0.373 e. The van der Waals surface area contributed by atoms with E-state index < -0.39 is 10.0 Å². The summed E-state index contributed by atoms with van der Waals surface area (Å²) in [5.74, 6) is 0.178. The summed E-state index contributed by atoms with van der Waals surface area (Å²) in [6, 6.07) is 7.77. The molecule has 2 heterocycles. The van der Waals surface area contributed by atoms with E-state index in [1.165, 1.54) is 16.4 Å². The summed E-state index contributed by atoms with van der Waals surface area (Å²) < 4.78 is 34.7. The van der Waals surface area contributed by atoms with E-state index >= 15 is 0 Å². The van der Waals surface area contributed by atoms with Gasteiger partial charge in [-0.05, 0) is 39.0 Å². The van der Waals surface area contributed by atoms with Crippen LogP contribution in [0.25, 0.3) is 0 Å². The zero-order chi connectivity index (χ0) is 19.6. The van der Waals surface area contributed by atoms with Crippen molar-refractivity contribution in [1.29, 1.82) is 0 Å². The highest BCUT2D eigenvalue weighted by atomic mass is 32.2. The standard InChI is InChI=1S/C18H24N4O4S/c1-4-22-17(8-9-19-22)20-18(23)15-6-5-7-16(10-15)27(24,25)21-11-13(2)26-14(3)12-21/h5-10,13-14H,4,11-12H2,1-3H3,(H,20,23). The first kappa shape index (κ1) is 19.5. The molecule has 8 nitrogen and oxygen atoms in total. The summed E-state index contributed by atoms with van der Waals surface area (Å²) in [6.45, 7) is 6.81. The van der Waals surface area contributed by atoms with Gasteiger partial charge in [0.15, 0.2) is 0 Å². The van der Waals surface area contributed by atoms with Gasteiger partial charge < -0.3 is 10.1 Å². The maximum atomic E-state index is 13.0. The highest BCUT2D eigenvalue weighted by molar-refractivity contribution is 7.89. The summed E-state index contributed by atoms with van der Waals surface area (Å²) in [5, 5.41) is 6.86. The molecule has 1 saturated heterocycles. The third-order valence-electron chi connectivity index (χ3n) is 4.38. The van der Waals surface area contributed by atoms with Crippen LogP contribution in [0.1, 0.15) is 31.1 Å². The van der Waals surface area contributed by atoms with Crippen LogP contribution < -0.4 is 5.32 Å². The molecule has 1 aromatic heterocycles. The first-order valence-corrected chi connectivity index (χ1v) is 10.3. The zero-order valence-corrected chi connectivity index (χ0v) is 16.4. The minimum Gasteiger partial charge on any atom is -0.373 e. The second kappa shape index (κ2) is 7.79. The van der Waals surface area contributed by atoms with Crippen molar-refractivity contribution in [2.24, 2.45) is 0 Å². The summed E-state index contributed by atoms with van der Waals surface area (Å²) >= 11 is 0. The van der Waals surface area contributed by atoms with Gasteiger partial charge in [-0.25, -0.2) is 13.1 Å². The number of morpholine rings is 1. The van der Waals surface area contributed by atoms with Gasteiger partial charge in [-0.15, -0.1) is 0 Å². The van der Waals surface area contributed by atoms with Gasteiger partial charge in [0.25, 0.3) is 5.91 Å². The number of aryl methyl sites for hydroxylation is 1. The van der Waals surface area contributed by atoms with Crippen LogP contribution in [0.3, 0.4) is 0 Å². The molecule has 1 amide bonds. The Morgan fingerprint density at radius 2 is 1.96 bits per heavy atom. The molecule has 0 bridgehead atoms. The Balaban J connectivity index is 1.83. The number of carbonyl (C=O) groups is 1. The van der Waals surface area contributed by atoms with E-state index in [1.54, 1.807) is 29.1 Å². The molecule has 1 aliphatic heterocycles. The Labute approximate surface area is 159 Å². The topological polar surface area (TPSA) is 93.5 Å². The van der Waals surface area contributed by atoms with Crippen molar-refractivity contribution >= 4 is 21.7 Å². The molecule has 2 atom stereocenters. The van der Waals surface area contributed by atoms with E-state index in [2.05, 4.69) is 10.4 Å². The number of sulfonamides is 1. The lowest BCUT2D eigenvalue weighted by Crippen LogP contribution is -2.48. The van der Waals surface area contributed by atoms with Crippen molar-refractivity contribution in [3.8, 4) is 0 Å². The van der Waals surface area contributed by atoms with Gasteiger partial charge in [-0.1, -0.05) is 6.07 Å². The SMILES string of the molecule is CCn1nccc1NC(=O)c1cccc(S(=O)(=O)N2CC(C)OC(C)C2)c1. The predicted octanol–water partition coefficient (Wildman–Crippen LogP) is 1.95. The highest BCUT2D eigenvalue weighted by Gasteiger charge is 2.32. The number of carbonyl (C=O) groups excluding carboxylic acids is 1. The van der Waals surface area contributed by atoms with Crippen molar-refractivity contribution < 1.29 is 17.9 Å². The van der Waals surface area contributed by atoms with Gasteiger partial charge in [0.05, 0.1) is 23.3 Å². The van der Waals surface area contributed by atoms with Crippen molar-refractivity contribution in [3.05, 3.63) is 42.1 Å². The average molecular weight is 392 g/mol. The molecule has 0 saturated carbocycles. The summed E-state index contributed by atoms with van der Waals surface area (Å²) in [6.07, 6.45) is 1.24. The number of amides is 1. The van der Waals surface area contributed by atoms with Crippen molar-refractivity contribution in [3.63, 3.8) is 0 Å². The Morgan fingerprint density at radius 1 is 1.26 bits per heavy atom. The normalized spacial score (nSPS) is 21.1. The molecule has 0 spiro atoms. The zero-order valence-electron chi connectivity index (χ0n) is 15.6. The molecular formula is C18H24N4O4S. The van der Waals surface area contributed by atoms with E-state index in [4.69, 9.17) is 4.74 Å². The summed E-state index contributed by atoms with van der Waals surface area (Å²) in [4.78, 5) is 12.7. The molecule has 9 heteroatoms. The maximum absolute atomic E-state index is 13.0. The number of hydrogen-bond donors (Lipinski definition) is 1. The van der Waals surface area contributed by atoms with Gasteiger partial charge in [-0.2, -0.15) is 9.40 Å². The minimum absolute atomic E-state index is 0.0976. The van der Waals surface area contributed by atoms with Crippen molar-refractivity contribution in [2.45, 2.75) is 44.4 Å². The highest BCUT2D eigenvalue weighted by Crippen LogP contribution is 2.22. The first-order chi connectivity index (χ1) is 12.8. The lowest BCUT2D eigenvalue weighted by atomic mass is 10.2. The molecule has 0 aliphatic carbocycles. The second-order valence-corrected chi connectivity index (χ2v) is 8.53. The van der Waals surface area contributed by atoms with Crippen LogP contribution in [-0.4, -0.2) is 53.7 Å². The quantitative estimate of drug-likeness (QED) is 0.839. The van der Waals surface area contributed by atoms with Crippen LogP contribution in [0.5, 0.6) is 0 Å². The number of ether oxygens (including phenoxy) is 1. The summed E-state index contributed by atoms with van der Waals surface area (Å²) in [7, 11) is -3.70. The first-order valence-electron chi connectivity index (χ1n) is 8.90. The molecule has 1 aliphatic rings. The fourth-order valence-corrected chi connectivity index (χ4v) is 4.79. The molecule has 1 aromatic carbocycles. The van der Waals surface area contributed by atoms with Gasteiger partial charge >= 0.3 is 0 Å². The Hall–Kier alpha value is -2.23. The molecule has 146 valence electrons. The van der Waals surface area contributed by atoms with Gasteiger partial charge in [0, 0.05) is 31.3 Å². The molecule has 1 fully saturated rings. The van der Waals surface area contributed by atoms with Gasteiger partial charge in [0.1, 0.15) is 5.82 Å². The Kier molecular flexibility index (Phi) is 5.64. The number of aromatic nitrogens is 2. The van der Waals surface area contributed by atoms with E-state index in [1.807, 2.05) is 20.8 Å². The molecule has 2 unspecified atom stereocenters. The fraction of sp³-hybridized carbons (Fsp3) is 0.444. The van der Waals surface area contributed by atoms with Gasteiger partial charge in [0.2, 0.25) is 10.0 Å². The Morgan fingerprint density at radius 3 is 2.63 bits per heavy atom. The summed E-state index contributed by atoms with van der Waals surface area (Å²) in [5.41, 5.74) is 0.272. The van der Waals surface area contributed by atoms with Crippen LogP contribution >= 0.6 is 0 Å². The van der Waals surface area contributed by atoms with Crippen LogP contribution in [-0.2, 0) is 21.3 Å². The Bertz CT molecular complexity index is 915. The molecule has 2 aromatic rings. The van der Waals surface area contributed by atoms with Crippen LogP contribution in [0, 0.1) is 0 Å². The number of hydrogen-bond acceptors (Lipinski definition) is 5. The molecule has 27 heavy (non-hydrogen) atoms. The molecule has 1 N–H and O–H groups in total. The average Bonchev–Trinajstić information content (AvgIpc) is 3.08. The van der Waals surface area contributed by atoms with E-state index in [0.717, 1.165) is 0 Å². The number of nitrogens with one attached hydrogen (secondary N) is 1. The second-order valence-electron chi connectivity index (χ2n) is 6.59. The third-order valence-corrected chi connectivity index (χ3v) is 6.21. The molecule has 3 rings (SSSR count). The van der Waals surface area contributed by atoms with Crippen molar-refractivity contribution in [2.75, 3.05) is 18.4 Å². The fourth-order valence-electron chi connectivity index (χ4n) is 3.15. The van der Waals surface area contributed by atoms with Crippen LogP contribution in [0.4, 0.5) is 5.82 Å². The number of benzene rings is 1.